The molecule has 0 radical (unpaired) electrons. The van der Waals surface area contributed by atoms with E-state index in [4.69, 9.17) is 10.5 Å². The molecular weight excluding hydrogens is 220 g/mol. The Balaban J connectivity index is 2.31. The Morgan fingerprint density at radius 2 is 2.06 bits per heavy atom. The lowest BCUT2D eigenvalue weighted by atomic mass is 9.94. The Labute approximate surface area is 103 Å². The summed E-state index contributed by atoms with van der Waals surface area (Å²) in [5.74, 6) is 0.209. The molecule has 0 aromatic carbocycles. The van der Waals surface area contributed by atoms with Crippen LogP contribution in [0, 0.1) is 5.92 Å². The third-order valence-electron chi connectivity index (χ3n) is 3.08. The number of nitrogens with two attached hydrogens (primary N) is 1. The van der Waals surface area contributed by atoms with Gasteiger partial charge >= 0.3 is 0 Å². The van der Waals surface area contributed by atoms with Crippen LogP contribution in [0.15, 0.2) is 0 Å². The molecule has 0 aliphatic carbocycles. The average Bonchev–Trinajstić information content (AvgIpc) is 2.26. The van der Waals surface area contributed by atoms with Crippen molar-refractivity contribution in [1.82, 2.24) is 5.32 Å². The van der Waals surface area contributed by atoms with Crippen LogP contribution >= 0.6 is 0 Å². The number of rotatable bonds is 5. The molecule has 1 rings (SSSR count). The molecule has 0 aromatic heterocycles. The van der Waals surface area contributed by atoms with Crippen LogP contribution in [-0.4, -0.2) is 42.4 Å². The molecule has 100 valence electrons. The Morgan fingerprint density at radius 1 is 1.47 bits per heavy atom. The van der Waals surface area contributed by atoms with Crippen LogP contribution in [-0.2, 0) is 9.53 Å². The van der Waals surface area contributed by atoms with Crippen molar-refractivity contribution in [3.63, 3.8) is 0 Å². The zero-order valence-electron chi connectivity index (χ0n) is 10.7. The van der Waals surface area contributed by atoms with Crippen molar-refractivity contribution in [3.05, 3.63) is 0 Å². The van der Waals surface area contributed by atoms with Gasteiger partial charge in [0.1, 0.15) is 0 Å². The topological polar surface area (TPSA) is 84.6 Å². The van der Waals surface area contributed by atoms with Gasteiger partial charge in [0.25, 0.3) is 0 Å². The molecule has 0 bridgehead atoms. The van der Waals surface area contributed by atoms with Gasteiger partial charge in [-0.2, -0.15) is 0 Å². The highest BCUT2D eigenvalue weighted by Gasteiger charge is 2.30. The summed E-state index contributed by atoms with van der Waals surface area (Å²) in [6.07, 6.45) is 1.78. The molecule has 1 atom stereocenters. The largest absolute Gasteiger partial charge is 0.388 e. The predicted octanol–water partition coefficient (Wildman–Crippen LogP) is 0.0175. The van der Waals surface area contributed by atoms with E-state index in [2.05, 4.69) is 5.32 Å². The molecule has 1 aliphatic heterocycles. The van der Waals surface area contributed by atoms with Crippen molar-refractivity contribution < 1.29 is 14.6 Å². The highest BCUT2D eigenvalue weighted by molar-refractivity contribution is 5.81. The molecule has 1 aliphatic rings. The fourth-order valence-electron chi connectivity index (χ4n) is 1.93. The van der Waals surface area contributed by atoms with E-state index < -0.39 is 11.6 Å². The number of carbonyl (C=O) groups is 1. The van der Waals surface area contributed by atoms with Gasteiger partial charge in [-0.05, 0) is 12.3 Å². The molecular formula is C12H24N2O3. The lowest BCUT2D eigenvalue weighted by Crippen LogP contribution is -2.50. The number of hydrogen-bond donors (Lipinski definition) is 3. The van der Waals surface area contributed by atoms with Crippen LogP contribution in [0.1, 0.15) is 33.1 Å². The summed E-state index contributed by atoms with van der Waals surface area (Å²) in [5, 5.41) is 12.9. The maximum Gasteiger partial charge on any atom is 0.237 e. The molecule has 1 saturated heterocycles. The van der Waals surface area contributed by atoms with E-state index >= 15 is 0 Å². The fourth-order valence-corrected chi connectivity index (χ4v) is 1.93. The summed E-state index contributed by atoms with van der Waals surface area (Å²) in [6, 6.07) is -0.488. The fraction of sp³-hybridized carbons (Fsp3) is 0.917. The van der Waals surface area contributed by atoms with Crippen molar-refractivity contribution >= 4 is 5.91 Å². The van der Waals surface area contributed by atoms with Crippen LogP contribution in [0.4, 0.5) is 0 Å². The monoisotopic (exact) mass is 244 g/mol. The minimum Gasteiger partial charge on any atom is -0.388 e. The van der Waals surface area contributed by atoms with Gasteiger partial charge in [-0.25, -0.2) is 0 Å². The van der Waals surface area contributed by atoms with E-state index in [9.17, 15) is 9.90 Å². The van der Waals surface area contributed by atoms with E-state index in [1.54, 1.807) is 0 Å². The van der Waals surface area contributed by atoms with Gasteiger partial charge in [0.05, 0.1) is 11.6 Å². The second kappa shape index (κ2) is 6.33. The Bertz CT molecular complexity index is 250. The first-order chi connectivity index (χ1) is 7.93. The molecule has 1 amide bonds. The molecule has 17 heavy (non-hydrogen) atoms. The van der Waals surface area contributed by atoms with Crippen LogP contribution in [0.2, 0.25) is 0 Å². The second-order valence-corrected chi connectivity index (χ2v) is 5.29. The highest BCUT2D eigenvalue weighted by Crippen LogP contribution is 2.19. The maximum absolute atomic E-state index is 11.7. The highest BCUT2D eigenvalue weighted by atomic mass is 16.5. The number of hydrogen-bond acceptors (Lipinski definition) is 4. The SMILES string of the molecule is CC(C)C[C@H](N)C(=O)NCC1(O)CCOCC1. The number of ether oxygens (including phenoxy) is 1. The van der Waals surface area contributed by atoms with Gasteiger partial charge in [-0.15, -0.1) is 0 Å². The minimum absolute atomic E-state index is 0.182. The predicted molar refractivity (Wildman–Crippen MR) is 65.4 cm³/mol. The van der Waals surface area contributed by atoms with Crippen molar-refractivity contribution in [2.24, 2.45) is 11.7 Å². The van der Waals surface area contributed by atoms with Gasteiger partial charge in [0.15, 0.2) is 0 Å². The number of nitrogens with one attached hydrogen (secondary N) is 1. The lowest BCUT2D eigenvalue weighted by molar-refractivity contribution is -0.125. The Kier molecular flexibility index (Phi) is 5.36. The Hall–Kier alpha value is -0.650. The second-order valence-electron chi connectivity index (χ2n) is 5.29. The van der Waals surface area contributed by atoms with E-state index in [0.29, 0.717) is 38.4 Å². The van der Waals surface area contributed by atoms with Crippen molar-refractivity contribution in [2.45, 2.75) is 44.8 Å². The van der Waals surface area contributed by atoms with Crippen LogP contribution in [0.25, 0.3) is 0 Å². The molecule has 1 heterocycles. The first kappa shape index (κ1) is 14.4. The van der Waals surface area contributed by atoms with E-state index in [1.807, 2.05) is 13.8 Å². The number of carbonyl (C=O) groups excluding carboxylic acids is 1. The van der Waals surface area contributed by atoms with Gasteiger partial charge in [-0.3, -0.25) is 4.79 Å². The Morgan fingerprint density at radius 3 is 2.59 bits per heavy atom. The van der Waals surface area contributed by atoms with E-state index in [-0.39, 0.29) is 12.5 Å². The third-order valence-corrected chi connectivity index (χ3v) is 3.08. The summed E-state index contributed by atoms with van der Waals surface area (Å²) in [6.45, 7) is 5.41. The van der Waals surface area contributed by atoms with Gasteiger partial charge in [0.2, 0.25) is 5.91 Å². The van der Waals surface area contributed by atoms with Gasteiger partial charge < -0.3 is 20.9 Å². The molecule has 1 fully saturated rings. The smallest absolute Gasteiger partial charge is 0.237 e. The number of aliphatic hydroxyl groups is 1. The van der Waals surface area contributed by atoms with Crippen molar-refractivity contribution in [2.75, 3.05) is 19.8 Å². The molecule has 0 saturated carbocycles. The van der Waals surface area contributed by atoms with Crippen molar-refractivity contribution in [1.29, 1.82) is 0 Å². The zero-order valence-corrected chi connectivity index (χ0v) is 10.7. The van der Waals surface area contributed by atoms with Crippen molar-refractivity contribution in [3.8, 4) is 0 Å². The first-order valence-corrected chi connectivity index (χ1v) is 6.26. The molecule has 0 aromatic rings. The molecule has 0 unspecified atom stereocenters. The third kappa shape index (κ3) is 5.02. The van der Waals surface area contributed by atoms with E-state index in [1.165, 1.54) is 0 Å². The summed E-state index contributed by atoms with van der Waals surface area (Å²) < 4.78 is 5.17. The van der Waals surface area contributed by atoms with Crippen LogP contribution in [0.5, 0.6) is 0 Å². The average molecular weight is 244 g/mol. The molecule has 5 nitrogen and oxygen atoms in total. The summed E-state index contributed by atoms with van der Waals surface area (Å²) in [5.41, 5.74) is 4.93. The normalized spacial score (nSPS) is 21.2. The number of amides is 1. The molecule has 4 N–H and O–H groups in total. The lowest BCUT2D eigenvalue weighted by Gasteiger charge is -2.32. The zero-order chi connectivity index (χ0) is 12.9. The maximum atomic E-state index is 11.7. The van der Waals surface area contributed by atoms with Crippen LogP contribution < -0.4 is 11.1 Å². The quantitative estimate of drug-likeness (QED) is 0.636. The van der Waals surface area contributed by atoms with Gasteiger partial charge in [-0.1, -0.05) is 13.8 Å². The molecule has 0 spiro atoms. The first-order valence-electron chi connectivity index (χ1n) is 6.26. The molecule has 5 heteroatoms. The van der Waals surface area contributed by atoms with E-state index in [0.717, 1.165) is 0 Å². The van der Waals surface area contributed by atoms with Crippen LogP contribution in [0.3, 0.4) is 0 Å². The minimum atomic E-state index is -0.828. The summed E-state index contributed by atoms with van der Waals surface area (Å²) >= 11 is 0. The van der Waals surface area contributed by atoms with Gasteiger partial charge in [0, 0.05) is 32.6 Å². The summed E-state index contributed by atoms with van der Waals surface area (Å²) in [7, 11) is 0. The standard InChI is InChI=1S/C12H24N2O3/c1-9(2)7-10(13)11(15)14-8-12(16)3-5-17-6-4-12/h9-10,16H,3-8,13H2,1-2H3,(H,14,15)/t10-/m0/s1. The summed E-state index contributed by atoms with van der Waals surface area (Å²) in [4.78, 5) is 11.7.